The van der Waals surface area contributed by atoms with Crippen molar-refractivity contribution in [1.82, 2.24) is 24.9 Å². The third-order valence-electron chi connectivity index (χ3n) is 8.27. The highest BCUT2D eigenvalue weighted by Gasteiger charge is 2.33. The number of carbonyl (C=O) groups is 1. The molecular formula is C36H38N6O6S2. The maximum absolute atomic E-state index is 13.6. The molecule has 0 bridgehead atoms. The maximum Gasteiger partial charge on any atom is 0.242 e. The van der Waals surface area contributed by atoms with Crippen molar-refractivity contribution in [2.75, 3.05) is 11.1 Å². The Morgan fingerprint density at radius 2 is 1.64 bits per heavy atom. The topological polar surface area (TPSA) is 158 Å². The van der Waals surface area contributed by atoms with Crippen LogP contribution in [0, 0.1) is 6.92 Å². The smallest absolute Gasteiger partial charge is 0.242 e. The van der Waals surface area contributed by atoms with E-state index in [4.69, 9.17) is 9.47 Å². The Morgan fingerprint density at radius 3 is 2.30 bits per heavy atom. The van der Waals surface area contributed by atoms with Crippen LogP contribution in [0.5, 0.6) is 0 Å². The number of amides is 1. The number of aryl methyl sites for hydroxylation is 2. The monoisotopic (exact) mass is 714 g/mol. The van der Waals surface area contributed by atoms with Gasteiger partial charge in [-0.25, -0.2) is 13.1 Å². The first kappa shape index (κ1) is 35.4. The Balaban J connectivity index is 1.18. The zero-order chi connectivity index (χ0) is 35.1. The van der Waals surface area contributed by atoms with E-state index in [2.05, 4.69) is 25.6 Å². The molecule has 0 radical (unpaired) electrons. The summed E-state index contributed by atoms with van der Waals surface area (Å²) in [7, 11) is -2.20. The van der Waals surface area contributed by atoms with Gasteiger partial charge in [0.1, 0.15) is 6.04 Å². The van der Waals surface area contributed by atoms with E-state index in [0.29, 0.717) is 23.0 Å². The van der Waals surface area contributed by atoms with E-state index < -0.39 is 28.3 Å². The van der Waals surface area contributed by atoms with Gasteiger partial charge in [0.2, 0.25) is 21.1 Å². The second-order valence-corrected chi connectivity index (χ2v) is 14.7. The minimum absolute atomic E-state index is 0.0446. The van der Waals surface area contributed by atoms with Gasteiger partial charge in [-0.15, -0.1) is 5.10 Å². The van der Waals surface area contributed by atoms with Gasteiger partial charge >= 0.3 is 0 Å². The van der Waals surface area contributed by atoms with Crippen LogP contribution in [0.25, 0.3) is 0 Å². The quantitative estimate of drug-likeness (QED) is 0.144. The van der Waals surface area contributed by atoms with E-state index in [9.17, 15) is 18.3 Å². The SMILES string of the molecule is Cc1ccc(S(=O)(=O)NC(Cc2ccccc2)C(=O)Nc2ccc(C3OC(CSc4nnnn4C)CC(c4ccc(CO)cc4)O3)cc2)cc1. The van der Waals surface area contributed by atoms with E-state index in [1.807, 2.05) is 73.7 Å². The molecule has 1 fully saturated rings. The fraction of sp³-hybridized carbons (Fsp3) is 0.278. The molecule has 5 aromatic rings. The normalized spacial score (nSPS) is 18.4. The second kappa shape index (κ2) is 16.1. The summed E-state index contributed by atoms with van der Waals surface area (Å²) in [6.45, 7) is 1.83. The predicted octanol–water partition coefficient (Wildman–Crippen LogP) is 4.88. The molecule has 3 N–H and O–H groups in total. The Kier molecular flexibility index (Phi) is 11.4. The number of anilines is 1. The molecule has 2 heterocycles. The van der Waals surface area contributed by atoms with Crippen molar-refractivity contribution in [3.05, 3.63) is 131 Å². The van der Waals surface area contributed by atoms with Crippen molar-refractivity contribution in [3.63, 3.8) is 0 Å². The number of thioether (sulfide) groups is 1. The van der Waals surface area contributed by atoms with Crippen molar-refractivity contribution in [2.45, 2.75) is 61.0 Å². The zero-order valence-corrected chi connectivity index (χ0v) is 29.2. The summed E-state index contributed by atoms with van der Waals surface area (Å²) in [6, 6.07) is 29.4. The summed E-state index contributed by atoms with van der Waals surface area (Å²) in [5, 5.41) is 24.7. The van der Waals surface area contributed by atoms with Gasteiger partial charge in [0.15, 0.2) is 6.29 Å². The highest BCUT2D eigenvalue weighted by molar-refractivity contribution is 7.99. The first-order chi connectivity index (χ1) is 24.2. The van der Waals surface area contributed by atoms with Crippen molar-refractivity contribution < 1.29 is 27.8 Å². The molecule has 1 aliphatic rings. The number of tetrazole rings is 1. The molecule has 50 heavy (non-hydrogen) atoms. The van der Waals surface area contributed by atoms with Crippen LogP contribution in [0.15, 0.2) is 113 Å². The van der Waals surface area contributed by atoms with Gasteiger partial charge in [0.25, 0.3) is 0 Å². The first-order valence-corrected chi connectivity index (χ1v) is 18.5. The van der Waals surface area contributed by atoms with Crippen LogP contribution in [-0.2, 0) is 44.4 Å². The summed E-state index contributed by atoms with van der Waals surface area (Å²) in [5.41, 5.74) is 4.75. The lowest BCUT2D eigenvalue weighted by molar-refractivity contribution is -0.245. The molecule has 0 spiro atoms. The number of rotatable bonds is 13. The number of nitrogens with zero attached hydrogens (tertiary/aromatic N) is 4. The van der Waals surface area contributed by atoms with Crippen LogP contribution >= 0.6 is 11.8 Å². The highest BCUT2D eigenvalue weighted by atomic mass is 32.2. The van der Waals surface area contributed by atoms with Gasteiger partial charge < -0.3 is 19.9 Å². The minimum atomic E-state index is -3.98. The predicted molar refractivity (Wildman–Crippen MR) is 188 cm³/mol. The third-order valence-corrected chi connectivity index (χ3v) is 10.9. The lowest BCUT2D eigenvalue weighted by Crippen LogP contribution is -2.45. The minimum Gasteiger partial charge on any atom is -0.392 e. The van der Waals surface area contributed by atoms with Crippen molar-refractivity contribution in [3.8, 4) is 0 Å². The average molecular weight is 715 g/mol. The van der Waals surface area contributed by atoms with Gasteiger partial charge in [0.05, 0.1) is 23.7 Å². The van der Waals surface area contributed by atoms with E-state index in [-0.39, 0.29) is 30.1 Å². The Hall–Kier alpha value is -4.44. The summed E-state index contributed by atoms with van der Waals surface area (Å²) < 4.78 is 43.7. The number of aromatic nitrogens is 4. The van der Waals surface area contributed by atoms with Crippen LogP contribution in [0.4, 0.5) is 5.69 Å². The second-order valence-electron chi connectivity index (χ2n) is 12.0. The number of ether oxygens (including phenoxy) is 2. The van der Waals surface area contributed by atoms with Gasteiger partial charge in [-0.05, 0) is 64.7 Å². The van der Waals surface area contributed by atoms with Crippen LogP contribution in [0.2, 0.25) is 0 Å². The fourth-order valence-electron chi connectivity index (χ4n) is 5.50. The molecule has 1 aromatic heterocycles. The zero-order valence-electron chi connectivity index (χ0n) is 27.5. The summed E-state index contributed by atoms with van der Waals surface area (Å²) in [6.07, 6.45) is -0.416. The van der Waals surface area contributed by atoms with Crippen LogP contribution in [0.3, 0.4) is 0 Å². The molecule has 1 saturated heterocycles. The van der Waals surface area contributed by atoms with Crippen molar-refractivity contribution in [2.24, 2.45) is 7.05 Å². The molecule has 6 rings (SSSR count). The lowest BCUT2D eigenvalue weighted by Gasteiger charge is -2.36. The van der Waals surface area contributed by atoms with E-state index in [1.165, 1.54) is 23.9 Å². The Labute approximate surface area is 295 Å². The number of carbonyl (C=O) groups excluding carboxylic acids is 1. The first-order valence-electron chi connectivity index (χ1n) is 16.1. The van der Waals surface area contributed by atoms with Gasteiger partial charge in [-0.3, -0.25) is 4.79 Å². The summed E-state index contributed by atoms with van der Waals surface area (Å²) in [4.78, 5) is 13.7. The number of benzene rings is 4. The Morgan fingerprint density at radius 1 is 0.940 bits per heavy atom. The molecule has 4 atom stereocenters. The van der Waals surface area contributed by atoms with Crippen LogP contribution < -0.4 is 10.0 Å². The van der Waals surface area contributed by atoms with Crippen molar-refractivity contribution >= 4 is 33.4 Å². The number of nitrogens with one attached hydrogen (secondary N) is 2. The standard InChI is InChI=1S/C36H38N6O6S2/c1-24-8-18-31(19-9-24)50(45,46)39-32(20-25-6-4-3-5-7-25)34(44)37-29-16-14-28(15-17-29)35-47-30(23-49-36-38-40-41-42(36)2)21-33(48-35)27-12-10-26(22-43)11-13-27/h3-19,30,32-33,35,39,43H,20-23H2,1-2H3,(H,37,44). The molecule has 260 valence electrons. The largest absolute Gasteiger partial charge is 0.392 e. The number of hydrogen-bond donors (Lipinski definition) is 3. The van der Waals surface area contributed by atoms with Crippen molar-refractivity contribution in [1.29, 1.82) is 0 Å². The molecule has 0 saturated carbocycles. The van der Waals surface area contributed by atoms with Crippen LogP contribution in [-0.4, -0.2) is 57.5 Å². The Bertz CT molecular complexity index is 1970. The average Bonchev–Trinajstić information content (AvgIpc) is 3.55. The molecule has 14 heteroatoms. The molecule has 4 unspecified atom stereocenters. The third kappa shape index (κ3) is 9.01. The maximum atomic E-state index is 13.6. The number of hydrogen-bond acceptors (Lipinski definition) is 10. The number of sulfonamides is 1. The number of aliphatic hydroxyl groups is 1. The lowest BCUT2D eigenvalue weighted by atomic mass is 10.0. The molecular weight excluding hydrogens is 677 g/mol. The molecule has 0 aliphatic carbocycles. The van der Waals surface area contributed by atoms with E-state index in [0.717, 1.165) is 27.8 Å². The van der Waals surface area contributed by atoms with E-state index >= 15 is 0 Å². The molecule has 12 nitrogen and oxygen atoms in total. The van der Waals surface area contributed by atoms with Crippen LogP contribution in [0.1, 0.15) is 46.6 Å². The molecule has 1 aliphatic heterocycles. The van der Waals surface area contributed by atoms with Gasteiger partial charge in [-0.2, -0.15) is 4.72 Å². The van der Waals surface area contributed by atoms with E-state index in [1.54, 1.807) is 36.0 Å². The molecule has 1 amide bonds. The molecule has 4 aromatic carbocycles. The summed E-state index contributed by atoms with van der Waals surface area (Å²) >= 11 is 1.49. The van der Waals surface area contributed by atoms with Gasteiger partial charge in [-0.1, -0.05) is 96.2 Å². The summed E-state index contributed by atoms with van der Waals surface area (Å²) in [5.74, 6) is 0.0959. The fourth-order valence-corrected chi connectivity index (χ4v) is 7.56. The highest BCUT2D eigenvalue weighted by Crippen LogP contribution is 2.39. The number of aliphatic hydroxyl groups excluding tert-OH is 1. The van der Waals surface area contributed by atoms with Gasteiger partial charge in [0, 0.05) is 30.5 Å².